The number of anilines is 1. The lowest BCUT2D eigenvalue weighted by atomic mass is 9.94. The van der Waals surface area contributed by atoms with Crippen molar-refractivity contribution in [1.82, 2.24) is 10.3 Å². The van der Waals surface area contributed by atoms with Crippen LogP contribution in [-0.2, 0) is 11.3 Å². The first kappa shape index (κ1) is 21.1. The maximum Gasteiger partial charge on any atom is 0.223 e. The van der Waals surface area contributed by atoms with Crippen molar-refractivity contribution in [3.05, 3.63) is 65.6 Å². The van der Waals surface area contributed by atoms with E-state index < -0.39 is 0 Å². The number of carbonyl (C=O) groups is 1. The average molecular weight is 435 g/mol. The second-order valence-electron chi connectivity index (χ2n) is 7.62. The van der Waals surface area contributed by atoms with Gasteiger partial charge in [0.2, 0.25) is 5.91 Å². The van der Waals surface area contributed by atoms with Gasteiger partial charge >= 0.3 is 0 Å². The van der Waals surface area contributed by atoms with Crippen LogP contribution in [0.15, 0.2) is 53.6 Å². The highest BCUT2D eigenvalue weighted by Crippen LogP contribution is 2.33. The monoisotopic (exact) mass is 434 g/mol. The molecular weight excluding hydrogens is 411 g/mol. The van der Waals surface area contributed by atoms with Crippen molar-refractivity contribution in [3.8, 4) is 6.07 Å². The Labute approximate surface area is 185 Å². The van der Waals surface area contributed by atoms with Gasteiger partial charge in [0.25, 0.3) is 0 Å². The molecule has 1 aliphatic heterocycles. The maximum absolute atomic E-state index is 13.9. The third-order valence-electron chi connectivity index (χ3n) is 5.73. The molecule has 4 rings (SSSR count). The first-order chi connectivity index (χ1) is 15.1. The summed E-state index contributed by atoms with van der Waals surface area (Å²) in [5, 5.41) is 13.2. The van der Waals surface area contributed by atoms with Gasteiger partial charge < -0.3 is 10.2 Å². The lowest BCUT2D eigenvalue weighted by Gasteiger charge is -2.34. The van der Waals surface area contributed by atoms with Crippen molar-refractivity contribution >= 4 is 34.3 Å². The number of fused-ring (bicyclic) bond motifs is 1. The van der Waals surface area contributed by atoms with Crippen molar-refractivity contribution in [3.63, 3.8) is 0 Å². The summed E-state index contributed by atoms with van der Waals surface area (Å²) in [7, 11) is 0. The molecule has 0 spiro atoms. The molecule has 1 amide bonds. The van der Waals surface area contributed by atoms with E-state index in [2.05, 4.69) is 33.4 Å². The largest absolute Gasteiger partial charge is 0.370 e. The fraction of sp³-hybridized carbons (Fsp3) is 0.292. The second kappa shape index (κ2) is 9.36. The zero-order valence-electron chi connectivity index (χ0n) is 17.3. The molecule has 0 radical (unpaired) electrons. The Kier molecular flexibility index (Phi) is 6.38. The summed E-state index contributed by atoms with van der Waals surface area (Å²) in [4.78, 5) is 20.2. The third kappa shape index (κ3) is 4.64. The summed E-state index contributed by atoms with van der Waals surface area (Å²) >= 11 is 1.69. The lowest BCUT2D eigenvalue weighted by Crippen LogP contribution is -2.40. The highest BCUT2D eigenvalue weighted by Gasteiger charge is 2.27. The predicted molar refractivity (Wildman–Crippen MR) is 121 cm³/mol. The molecule has 1 fully saturated rings. The molecule has 0 aliphatic carbocycles. The summed E-state index contributed by atoms with van der Waals surface area (Å²) in [6.45, 7) is 1.77. The standard InChI is InChI=1S/C24H23FN4OS/c1-31-20-5-2-16(3-6-20)14-28-24(30)17-8-10-29(11-9-17)23-18(13-26)15-27-22-7-4-19(25)12-21(22)23/h2-7,12,15,17H,8-11,14H2,1H3,(H,28,30). The van der Waals surface area contributed by atoms with Gasteiger partial charge in [0.05, 0.1) is 16.8 Å². The number of carbonyl (C=O) groups excluding carboxylic acids is 1. The number of rotatable bonds is 5. The van der Waals surface area contributed by atoms with Crippen LogP contribution in [0.2, 0.25) is 0 Å². The van der Waals surface area contributed by atoms with Crippen LogP contribution in [0.4, 0.5) is 10.1 Å². The number of hydrogen-bond donors (Lipinski definition) is 1. The van der Waals surface area contributed by atoms with Gasteiger partial charge in [-0.15, -0.1) is 11.8 Å². The van der Waals surface area contributed by atoms with Crippen LogP contribution < -0.4 is 10.2 Å². The highest BCUT2D eigenvalue weighted by molar-refractivity contribution is 7.98. The Morgan fingerprint density at radius 1 is 1.26 bits per heavy atom. The number of halogens is 1. The number of nitrogens with one attached hydrogen (secondary N) is 1. The van der Waals surface area contributed by atoms with Crippen LogP contribution >= 0.6 is 11.8 Å². The number of hydrogen-bond acceptors (Lipinski definition) is 5. The van der Waals surface area contributed by atoms with Gasteiger partial charge in [-0.3, -0.25) is 9.78 Å². The molecule has 2 aromatic carbocycles. The van der Waals surface area contributed by atoms with Gasteiger partial charge in [0.1, 0.15) is 11.9 Å². The third-order valence-corrected chi connectivity index (χ3v) is 6.47. The average Bonchev–Trinajstić information content (AvgIpc) is 2.82. The molecule has 1 saturated heterocycles. The first-order valence-electron chi connectivity index (χ1n) is 10.2. The summed E-state index contributed by atoms with van der Waals surface area (Å²) in [6, 6.07) is 14.8. The summed E-state index contributed by atoms with van der Waals surface area (Å²) in [6.07, 6.45) is 4.94. The zero-order valence-corrected chi connectivity index (χ0v) is 18.1. The molecule has 2 heterocycles. The van der Waals surface area contributed by atoms with Crippen molar-refractivity contribution in [2.24, 2.45) is 5.92 Å². The second-order valence-corrected chi connectivity index (χ2v) is 8.50. The van der Waals surface area contributed by atoms with E-state index >= 15 is 0 Å². The number of benzene rings is 2. The van der Waals surface area contributed by atoms with E-state index in [1.54, 1.807) is 17.8 Å². The van der Waals surface area contributed by atoms with Crippen LogP contribution in [-0.4, -0.2) is 30.2 Å². The van der Waals surface area contributed by atoms with E-state index in [1.807, 2.05) is 18.4 Å². The minimum atomic E-state index is -0.356. The Morgan fingerprint density at radius 2 is 2.00 bits per heavy atom. The highest BCUT2D eigenvalue weighted by atomic mass is 32.2. The maximum atomic E-state index is 13.9. The number of nitrogens with zero attached hydrogens (tertiary/aromatic N) is 3. The van der Waals surface area contributed by atoms with Crippen molar-refractivity contribution in [2.75, 3.05) is 24.2 Å². The molecule has 1 N–H and O–H groups in total. The van der Waals surface area contributed by atoms with Crippen LogP contribution in [0.5, 0.6) is 0 Å². The van der Waals surface area contributed by atoms with E-state index in [-0.39, 0.29) is 17.6 Å². The molecular formula is C24H23FN4OS. The van der Waals surface area contributed by atoms with Crippen LogP contribution in [0.3, 0.4) is 0 Å². The van der Waals surface area contributed by atoms with E-state index in [1.165, 1.54) is 23.2 Å². The van der Waals surface area contributed by atoms with Crippen LogP contribution in [0, 0.1) is 23.1 Å². The number of thioether (sulfide) groups is 1. The van der Waals surface area contributed by atoms with Gasteiger partial charge in [-0.25, -0.2) is 4.39 Å². The van der Waals surface area contributed by atoms with E-state index in [9.17, 15) is 14.4 Å². The minimum absolute atomic E-state index is 0.0553. The molecule has 1 aliphatic rings. The molecule has 0 bridgehead atoms. The van der Waals surface area contributed by atoms with Gasteiger partial charge in [-0.05, 0) is 55.0 Å². The predicted octanol–water partition coefficient (Wildman–Crippen LogP) is 4.50. The van der Waals surface area contributed by atoms with Crippen molar-refractivity contribution in [2.45, 2.75) is 24.3 Å². The Balaban J connectivity index is 1.42. The fourth-order valence-electron chi connectivity index (χ4n) is 4.02. The smallest absolute Gasteiger partial charge is 0.223 e. The van der Waals surface area contributed by atoms with Crippen LogP contribution in [0.25, 0.3) is 10.9 Å². The molecule has 0 saturated carbocycles. The van der Waals surface area contributed by atoms with Crippen molar-refractivity contribution < 1.29 is 9.18 Å². The normalized spacial score (nSPS) is 14.4. The van der Waals surface area contributed by atoms with E-state index in [0.717, 1.165) is 5.56 Å². The zero-order chi connectivity index (χ0) is 21.8. The number of nitriles is 1. The number of piperidine rings is 1. The van der Waals surface area contributed by atoms with Gasteiger partial charge in [-0.1, -0.05) is 12.1 Å². The molecule has 158 valence electrons. The first-order valence-corrected chi connectivity index (χ1v) is 11.5. The Morgan fingerprint density at radius 3 is 2.68 bits per heavy atom. The van der Waals surface area contributed by atoms with Gasteiger partial charge in [-0.2, -0.15) is 5.26 Å². The quantitative estimate of drug-likeness (QED) is 0.599. The lowest BCUT2D eigenvalue weighted by molar-refractivity contribution is -0.125. The summed E-state index contributed by atoms with van der Waals surface area (Å²) < 4.78 is 13.9. The van der Waals surface area contributed by atoms with E-state index in [4.69, 9.17) is 0 Å². The minimum Gasteiger partial charge on any atom is -0.370 e. The topological polar surface area (TPSA) is 69.0 Å². The van der Waals surface area contributed by atoms with Gasteiger partial charge in [0.15, 0.2) is 0 Å². The van der Waals surface area contributed by atoms with Gasteiger partial charge in [0, 0.05) is 42.0 Å². The molecule has 1 aromatic heterocycles. The van der Waals surface area contributed by atoms with Crippen molar-refractivity contribution in [1.29, 1.82) is 5.26 Å². The molecule has 3 aromatic rings. The van der Waals surface area contributed by atoms with E-state index in [0.29, 0.717) is 54.6 Å². The number of aromatic nitrogens is 1. The molecule has 5 nitrogen and oxygen atoms in total. The number of pyridine rings is 1. The summed E-state index contributed by atoms with van der Waals surface area (Å²) in [5.41, 5.74) is 2.87. The number of amides is 1. The Hall–Kier alpha value is -3.11. The summed E-state index contributed by atoms with van der Waals surface area (Å²) in [5.74, 6) is -0.373. The molecule has 7 heteroatoms. The molecule has 0 atom stereocenters. The molecule has 31 heavy (non-hydrogen) atoms. The molecule has 0 unspecified atom stereocenters. The Bertz CT molecular complexity index is 1130. The van der Waals surface area contributed by atoms with Crippen LogP contribution in [0.1, 0.15) is 24.0 Å². The SMILES string of the molecule is CSc1ccc(CNC(=O)C2CCN(c3c(C#N)cnc4ccc(F)cc34)CC2)cc1. The fourth-order valence-corrected chi connectivity index (χ4v) is 4.42.